The highest BCUT2D eigenvalue weighted by molar-refractivity contribution is 6.76. The van der Waals surface area contributed by atoms with Crippen LogP contribution in [0.4, 0.5) is 0 Å². The molecule has 50 heavy (non-hydrogen) atoms. The van der Waals surface area contributed by atoms with E-state index in [1.807, 2.05) is 54.7 Å². The Morgan fingerprint density at radius 2 is 1.74 bits per heavy atom. The monoisotopic (exact) mass is 710 g/mol. The summed E-state index contributed by atoms with van der Waals surface area (Å²) in [7, 11) is 0.270. The predicted molar refractivity (Wildman–Crippen MR) is 209 cm³/mol. The van der Waals surface area contributed by atoms with Crippen molar-refractivity contribution in [1.82, 2.24) is 9.47 Å². The Hall–Kier alpha value is -3.62. The van der Waals surface area contributed by atoms with E-state index in [2.05, 4.69) is 67.2 Å². The van der Waals surface area contributed by atoms with Crippen molar-refractivity contribution in [3.8, 4) is 11.5 Å². The number of hydrogen-bond donors (Lipinski definition) is 0. The van der Waals surface area contributed by atoms with Crippen LogP contribution in [0.2, 0.25) is 30.7 Å². The lowest BCUT2D eigenvalue weighted by Crippen LogP contribution is -2.32. The molecule has 0 fully saturated rings. The molecule has 0 amide bonds. The van der Waals surface area contributed by atoms with Crippen LogP contribution in [0.1, 0.15) is 61.0 Å². The number of benzene rings is 3. The topological polar surface area (TPSA) is 52.9 Å². The number of rotatable bonds is 12. The number of ether oxygens (including phenoxy) is 3. The van der Waals surface area contributed by atoms with E-state index >= 15 is 0 Å². The Bertz CT molecular complexity index is 1900. The highest BCUT2D eigenvalue weighted by Gasteiger charge is 2.29. The van der Waals surface area contributed by atoms with E-state index < -0.39 is 14.0 Å². The van der Waals surface area contributed by atoms with Crippen LogP contribution in [0.25, 0.3) is 22.0 Å². The first-order valence-electron chi connectivity index (χ1n) is 17.8. The molecule has 0 unspecified atom stereocenters. The highest BCUT2D eigenvalue weighted by atomic mass is 35.5. The highest BCUT2D eigenvalue weighted by Crippen LogP contribution is 2.43. The summed E-state index contributed by atoms with van der Waals surface area (Å²) in [6, 6.07) is 23.4. The maximum absolute atomic E-state index is 12.8. The van der Waals surface area contributed by atoms with Gasteiger partial charge in [-0.25, -0.2) is 4.79 Å². The van der Waals surface area contributed by atoms with Crippen molar-refractivity contribution >= 4 is 47.7 Å². The number of nitrogens with zero attached hydrogens (tertiary/aromatic N) is 2. The SMILES string of the molecule is COC(=O)c1ccc(C2=CCN(CC3=C(c4ccc(Cl)cc4)CC(C)(C)CC3)CC2)cc1Oc1ccc2c(ccn2COCC[Si](C)(C)C)c1. The van der Waals surface area contributed by atoms with Crippen LogP contribution in [-0.4, -0.2) is 56.9 Å². The molecule has 6 nitrogen and oxygen atoms in total. The molecule has 1 aromatic heterocycles. The van der Waals surface area contributed by atoms with Crippen molar-refractivity contribution in [1.29, 1.82) is 0 Å². The second-order valence-corrected chi connectivity index (χ2v) is 21.9. The molecule has 6 rings (SSSR count). The summed E-state index contributed by atoms with van der Waals surface area (Å²) in [6.45, 7) is 16.0. The molecule has 0 atom stereocenters. The molecule has 0 spiro atoms. The van der Waals surface area contributed by atoms with Gasteiger partial charge in [-0.1, -0.05) is 74.9 Å². The van der Waals surface area contributed by atoms with Gasteiger partial charge in [0.15, 0.2) is 0 Å². The quantitative estimate of drug-likeness (QED) is 0.0832. The zero-order valence-electron chi connectivity index (χ0n) is 30.5. The van der Waals surface area contributed by atoms with Crippen molar-refractivity contribution in [2.45, 2.75) is 71.9 Å². The van der Waals surface area contributed by atoms with Gasteiger partial charge in [0.1, 0.15) is 23.8 Å². The molecule has 264 valence electrons. The zero-order chi connectivity index (χ0) is 35.5. The third-order valence-electron chi connectivity index (χ3n) is 10.0. The van der Waals surface area contributed by atoms with Crippen LogP contribution in [0, 0.1) is 5.41 Å². The lowest BCUT2D eigenvalue weighted by Gasteiger charge is -2.36. The molecule has 1 aliphatic carbocycles. The van der Waals surface area contributed by atoms with Crippen LogP contribution in [0.5, 0.6) is 11.5 Å². The minimum absolute atomic E-state index is 0.294. The summed E-state index contributed by atoms with van der Waals surface area (Å²) in [4.78, 5) is 15.3. The molecule has 0 N–H and O–H groups in total. The van der Waals surface area contributed by atoms with Crippen molar-refractivity contribution in [3.05, 3.63) is 106 Å². The molecule has 0 radical (unpaired) electrons. The van der Waals surface area contributed by atoms with E-state index in [1.165, 1.54) is 30.2 Å². The molecule has 4 aromatic rings. The first-order valence-corrected chi connectivity index (χ1v) is 21.9. The van der Waals surface area contributed by atoms with E-state index in [1.54, 1.807) is 5.57 Å². The molecule has 8 heteroatoms. The number of hydrogen-bond acceptors (Lipinski definition) is 5. The summed E-state index contributed by atoms with van der Waals surface area (Å²) in [5, 5.41) is 1.83. The number of esters is 1. The fourth-order valence-corrected chi connectivity index (χ4v) is 7.84. The standard InChI is InChI=1S/C42H51ClN2O4Si/c1-42(2)19-15-34(38(27-42)31-7-10-35(43)11-8-31)28-44-20-16-30(17-21-44)32-9-13-37(41(46)47-3)40(26-32)49-36-12-14-39-33(25-36)18-22-45(39)29-48-23-24-50(4,5)6/h7-14,16,18,22,25-26H,15,17,19-21,23-24,27-29H2,1-6H3. The summed E-state index contributed by atoms with van der Waals surface area (Å²) in [5.41, 5.74) is 8.43. The smallest absolute Gasteiger partial charge is 0.341 e. The Morgan fingerprint density at radius 1 is 0.960 bits per heavy atom. The van der Waals surface area contributed by atoms with Crippen molar-refractivity contribution < 1.29 is 19.0 Å². The van der Waals surface area contributed by atoms with Gasteiger partial charge in [-0.15, -0.1) is 0 Å². The predicted octanol–water partition coefficient (Wildman–Crippen LogP) is 10.9. The Morgan fingerprint density at radius 3 is 2.46 bits per heavy atom. The Labute approximate surface area is 303 Å². The summed E-state index contributed by atoms with van der Waals surface area (Å²) in [6.07, 6.45) is 8.71. The molecular formula is C42H51ClN2O4Si. The Kier molecular flexibility index (Phi) is 11.1. The van der Waals surface area contributed by atoms with E-state index in [0.29, 0.717) is 29.2 Å². The molecule has 3 aromatic carbocycles. The second-order valence-electron chi connectivity index (χ2n) is 15.8. The number of carbonyl (C=O) groups is 1. The summed E-state index contributed by atoms with van der Waals surface area (Å²) >= 11 is 6.23. The van der Waals surface area contributed by atoms with Crippen LogP contribution in [0.3, 0.4) is 0 Å². The lowest BCUT2D eigenvalue weighted by molar-refractivity contribution is 0.0598. The van der Waals surface area contributed by atoms with Crippen LogP contribution >= 0.6 is 11.6 Å². The molecule has 0 bridgehead atoms. The number of halogens is 1. The van der Waals surface area contributed by atoms with E-state index in [9.17, 15) is 4.79 Å². The molecule has 2 aliphatic rings. The minimum atomic E-state index is -1.13. The van der Waals surface area contributed by atoms with Crippen LogP contribution in [0.15, 0.2) is 84.6 Å². The normalized spacial score (nSPS) is 16.8. The fraction of sp³-hybridized carbons (Fsp3) is 0.405. The van der Waals surface area contributed by atoms with E-state index in [0.717, 1.165) is 73.0 Å². The van der Waals surface area contributed by atoms with Crippen molar-refractivity contribution in [2.75, 3.05) is 33.4 Å². The number of methoxy groups -OCH3 is 1. The molecule has 0 saturated heterocycles. The van der Waals surface area contributed by atoms with Crippen molar-refractivity contribution in [3.63, 3.8) is 0 Å². The molecule has 0 saturated carbocycles. The van der Waals surface area contributed by atoms with E-state index in [4.69, 9.17) is 25.8 Å². The molecular weight excluding hydrogens is 660 g/mol. The van der Waals surface area contributed by atoms with Gasteiger partial charge in [0.2, 0.25) is 0 Å². The number of aromatic nitrogens is 1. The third kappa shape index (κ3) is 8.99. The van der Waals surface area contributed by atoms with Gasteiger partial charge in [-0.3, -0.25) is 4.90 Å². The summed E-state index contributed by atoms with van der Waals surface area (Å²) < 4.78 is 19.7. The Balaban J connectivity index is 1.17. The largest absolute Gasteiger partial charge is 0.465 e. The van der Waals surface area contributed by atoms with E-state index in [-0.39, 0.29) is 0 Å². The van der Waals surface area contributed by atoms with Gasteiger partial charge in [0, 0.05) is 50.9 Å². The van der Waals surface area contributed by atoms with Crippen LogP contribution < -0.4 is 4.74 Å². The third-order valence-corrected chi connectivity index (χ3v) is 12.0. The molecule has 1 aliphatic heterocycles. The van der Waals surface area contributed by atoms with Gasteiger partial charge in [-0.2, -0.15) is 0 Å². The van der Waals surface area contributed by atoms with Gasteiger partial charge in [-0.05, 0) is 108 Å². The van der Waals surface area contributed by atoms with Crippen LogP contribution in [-0.2, 0) is 16.2 Å². The first-order chi connectivity index (χ1) is 23.9. The lowest BCUT2D eigenvalue weighted by atomic mass is 9.72. The zero-order valence-corrected chi connectivity index (χ0v) is 32.2. The number of carbonyl (C=O) groups excluding carboxylic acids is 1. The minimum Gasteiger partial charge on any atom is -0.465 e. The van der Waals surface area contributed by atoms with Gasteiger partial charge < -0.3 is 18.8 Å². The molecule has 2 heterocycles. The number of fused-ring (bicyclic) bond motifs is 1. The van der Waals surface area contributed by atoms with Crippen molar-refractivity contribution in [2.24, 2.45) is 5.41 Å². The van der Waals surface area contributed by atoms with Gasteiger partial charge in [0.05, 0.1) is 12.6 Å². The first kappa shape index (κ1) is 36.2. The van der Waals surface area contributed by atoms with Gasteiger partial charge in [0.25, 0.3) is 0 Å². The average Bonchev–Trinajstić information content (AvgIpc) is 3.49. The fourth-order valence-electron chi connectivity index (χ4n) is 6.96. The van der Waals surface area contributed by atoms with Gasteiger partial charge >= 0.3 is 5.97 Å². The maximum atomic E-state index is 12.8. The maximum Gasteiger partial charge on any atom is 0.341 e. The number of allylic oxidation sites excluding steroid dienone is 1. The summed E-state index contributed by atoms with van der Waals surface area (Å²) in [5.74, 6) is 0.744. The second kappa shape index (κ2) is 15.3. The average molecular weight is 711 g/mol.